The SMILES string of the molecule is CCOc1ccc2c(c1)sc(=NC(=O)c1ccc(NS(=O)(=O)c3ccc(Cl)cc3)cc1)n2CCOC. The highest BCUT2D eigenvalue weighted by atomic mass is 35.5. The average Bonchev–Trinajstić information content (AvgIpc) is 3.19. The van der Waals surface area contributed by atoms with Crippen molar-refractivity contribution in [2.24, 2.45) is 4.99 Å². The van der Waals surface area contributed by atoms with Crippen molar-refractivity contribution in [1.82, 2.24) is 4.57 Å². The van der Waals surface area contributed by atoms with Crippen molar-refractivity contribution in [3.05, 3.63) is 82.1 Å². The fourth-order valence-corrected chi connectivity index (χ4v) is 5.72. The summed E-state index contributed by atoms with van der Waals surface area (Å²) < 4.78 is 41.4. The van der Waals surface area contributed by atoms with Crippen LogP contribution < -0.4 is 14.3 Å². The van der Waals surface area contributed by atoms with E-state index in [1.54, 1.807) is 7.11 Å². The molecule has 4 aromatic rings. The number of sulfonamides is 1. The molecule has 3 aromatic carbocycles. The number of carbonyl (C=O) groups is 1. The molecule has 0 saturated carbocycles. The summed E-state index contributed by atoms with van der Waals surface area (Å²) in [4.78, 5) is 17.9. The Kier molecular flexibility index (Phi) is 8.10. The van der Waals surface area contributed by atoms with Crippen LogP contribution in [0.3, 0.4) is 0 Å². The van der Waals surface area contributed by atoms with Gasteiger partial charge in [0.2, 0.25) is 0 Å². The van der Waals surface area contributed by atoms with Gasteiger partial charge < -0.3 is 14.0 Å². The molecule has 0 radical (unpaired) electrons. The Morgan fingerprint density at radius 2 is 1.81 bits per heavy atom. The summed E-state index contributed by atoms with van der Waals surface area (Å²) in [6.45, 7) is 3.47. The largest absolute Gasteiger partial charge is 0.494 e. The van der Waals surface area contributed by atoms with E-state index >= 15 is 0 Å². The number of hydrogen-bond donors (Lipinski definition) is 1. The van der Waals surface area contributed by atoms with E-state index in [0.29, 0.717) is 40.8 Å². The second-order valence-electron chi connectivity index (χ2n) is 7.65. The van der Waals surface area contributed by atoms with Crippen LogP contribution in [0.1, 0.15) is 17.3 Å². The minimum atomic E-state index is -3.79. The number of anilines is 1. The predicted molar refractivity (Wildman–Crippen MR) is 141 cm³/mol. The number of amides is 1. The van der Waals surface area contributed by atoms with Gasteiger partial charge in [-0.15, -0.1) is 0 Å². The van der Waals surface area contributed by atoms with Gasteiger partial charge in [-0.1, -0.05) is 22.9 Å². The first-order valence-electron chi connectivity index (χ1n) is 11.0. The van der Waals surface area contributed by atoms with Gasteiger partial charge in [-0.3, -0.25) is 9.52 Å². The number of ether oxygens (including phenoxy) is 2. The summed E-state index contributed by atoms with van der Waals surface area (Å²) >= 11 is 7.22. The van der Waals surface area contributed by atoms with Crippen molar-refractivity contribution in [1.29, 1.82) is 0 Å². The second kappa shape index (κ2) is 11.3. The van der Waals surface area contributed by atoms with E-state index in [1.807, 2.05) is 29.7 Å². The van der Waals surface area contributed by atoms with E-state index in [9.17, 15) is 13.2 Å². The zero-order valence-electron chi connectivity index (χ0n) is 19.6. The number of halogens is 1. The van der Waals surface area contributed by atoms with Crippen molar-refractivity contribution >= 4 is 54.8 Å². The molecule has 0 aliphatic carbocycles. The summed E-state index contributed by atoms with van der Waals surface area (Å²) in [5, 5.41) is 0.442. The maximum atomic E-state index is 13.0. The van der Waals surface area contributed by atoms with Crippen molar-refractivity contribution in [2.45, 2.75) is 18.4 Å². The maximum Gasteiger partial charge on any atom is 0.279 e. The van der Waals surface area contributed by atoms with Crippen molar-refractivity contribution in [2.75, 3.05) is 25.0 Å². The molecule has 4 rings (SSSR count). The molecule has 0 fully saturated rings. The molecule has 1 aromatic heterocycles. The fourth-order valence-electron chi connectivity index (χ4n) is 3.45. The number of benzene rings is 3. The van der Waals surface area contributed by atoms with Crippen LogP contribution in [0.15, 0.2) is 76.6 Å². The monoisotopic (exact) mass is 545 g/mol. The van der Waals surface area contributed by atoms with Crippen LogP contribution in [-0.2, 0) is 21.3 Å². The molecule has 1 N–H and O–H groups in total. The first-order chi connectivity index (χ1) is 17.3. The molecule has 11 heteroatoms. The highest BCUT2D eigenvalue weighted by Crippen LogP contribution is 2.24. The molecule has 36 heavy (non-hydrogen) atoms. The molecule has 0 atom stereocenters. The molecule has 0 spiro atoms. The number of carbonyl (C=O) groups excluding carboxylic acids is 1. The standard InChI is InChI=1S/C25H24ClN3O5S2/c1-3-34-20-10-13-22-23(16-20)35-25(29(22)14-15-33-2)27-24(30)17-4-8-19(9-5-17)28-36(31,32)21-11-6-18(26)7-12-21/h4-13,16,28H,3,14-15H2,1-2H3. The lowest BCUT2D eigenvalue weighted by atomic mass is 10.2. The van der Waals surface area contributed by atoms with Crippen LogP contribution in [0.4, 0.5) is 5.69 Å². The van der Waals surface area contributed by atoms with E-state index in [1.165, 1.54) is 59.9 Å². The highest BCUT2D eigenvalue weighted by molar-refractivity contribution is 7.92. The minimum absolute atomic E-state index is 0.0833. The lowest BCUT2D eigenvalue weighted by Crippen LogP contribution is -2.19. The van der Waals surface area contributed by atoms with Crippen LogP contribution in [0.5, 0.6) is 5.75 Å². The van der Waals surface area contributed by atoms with Crippen LogP contribution >= 0.6 is 22.9 Å². The van der Waals surface area contributed by atoms with Gasteiger partial charge >= 0.3 is 0 Å². The third-order valence-corrected chi connectivity index (χ3v) is 7.88. The van der Waals surface area contributed by atoms with E-state index in [0.717, 1.165) is 16.0 Å². The van der Waals surface area contributed by atoms with Gasteiger partial charge in [0.15, 0.2) is 4.80 Å². The molecule has 1 heterocycles. The van der Waals surface area contributed by atoms with Gasteiger partial charge in [0.05, 0.1) is 28.3 Å². The average molecular weight is 546 g/mol. The molecule has 8 nitrogen and oxygen atoms in total. The van der Waals surface area contributed by atoms with Gasteiger partial charge in [0, 0.05) is 29.9 Å². The Morgan fingerprint density at radius 3 is 2.47 bits per heavy atom. The number of nitrogens with one attached hydrogen (secondary N) is 1. The van der Waals surface area contributed by atoms with Crippen LogP contribution in [0, 0.1) is 0 Å². The summed E-state index contributed by atoms with van der Waals surface area (Å²) in [5.41, 5.74) is 1.58. The highest BCUT2D eigenvalue weighted by Gasteiger charge is 2.15. The molecular weight excluding hydrogens is 522 g/mol. The van der Waals surface area contributed by atoms with Crippen LogP contribution in [0.2, 0.25) is 5.02 Å². The number of nitrogens with zero attached hydrogens (tertiary/aromatic N) is 2. The molecule has 0 aliphatic heterocycles. The molecular formula is C25H24ClN3O5S2. The van der Waals surface area contributed by atoms with Crippen molar-refractivity contribution in [3.8, 4) is 5.75 Å². The number of methoxy groups -OCH3 is 1. The van der Waals surface area contributed by atoms with E-state index < -0.39 is 15.9 Å². The zero-order valence-corrected chi connectivity index (χ0v) is 22.0. The molecule has 0 unspecified atom stereocenters. The lowest BCUT2D eigenvalue weighted by molar-refractivity contribution is 0.0997. The predicted octanol–water partition coefficient (Wildman–Crippen LogP) is 4.94. The van der Waals surface area contributed by atoms with Gasteiger partial charge in [-0.25, -0.2) is 8.42 Å². The zero-order chi connectivity index (χ0) is 25.7. The van der Waals surface area contributed by atoms with Crippen molar-refractivity contribution in [3.63, 3.8) is 0 Å². The Hall–Kier alpha value is -3.18. The first-order valence-corrected chi connectivity index (χ1v) is 13.7. The van der Waals surface area contributed by atoms with Crippen LogP contribution in [-0.4, -0.2) is 39.2 Å². The number of aromatic nitrogens is 1. The quantitative estimate of drug-likeness (QED) is 0.321. The van der Waals surface area contributed by atoms with E-state index in [-0.39, 0.29) is 4.90 Å². The van der Waals surface area contributed by atoms with Gasteiger partial charge in [0.1, 0.15) is 5.75 Å². The Labute approximate surface area is 217 Å². The number of fused-ring (bicyclic) bond motifs is 1. The normalized spacial score (nSPS) is 12.1. The lowest BCUT2D eigenvalue weighted by Gasteiger charge is -2.08. The van der Waals surface area contributed by atoms with Gasteiger partial charge in [-0.2, -0.15) is 4.99 Å². The first kappa shape index (κ1) is 25.9. The summed E-state index contributed by atoms with van der Waals surface area (Å²) in [7, 11) is -2.17. The molecule has 0 aliphatic rings. The second-order valence-corrected chi connectivity index (χ2v) is 10.8. The third-order valence-electron chi connectivity index (χ3n) is 5.19. The topological polar surface area (TPSA) is 99.0 Å². The fraction of sp³-hybridized carbons (Fsp3) is 0.200. The molecule has 188 valence electrons. The Bertz CT molecular complexity index is 1540. The molecule has 0 bridgehead atoms. The Morgan fingerprint density at radius 1 is 1.08 bits per heavy atom. The third kappa shape index (κ3) is 5.96. The summed E-state index contributed by atoms with van der Waals surface area (Å²) in [5.74, 6) is 0.310. The number of thiazole rings is 1. The summed E-state index contributed by atoms with van der Waals surface area (Å²) in [6, 6.07) is 17.7. The number of hydrogen-bond acceptors (Lipinski definition) is 6. The van der Waals surface area contributed by atoms with Crippen LogP contribution in [0.25, 0.3) is 10.2 Å². The van der Waals surface area contributed by atoms with Crippen molar-refractivity contribution < 1.29 is 22.7 Å². The van der Waals surface area contributed by atoms with Gasteiger partial charge in [-0.05, 0) is 73.7 Å². The Balaban J connectivity index is 1.60. The maximum absolute atomic E-state index is 13.0. The molecule has 0 saturated heterocycles. The number of rotatable bonds is 9. The minimum Gasteiger partial charge on any atom is -0.494 e. The molecule has 1 amide bonds. The summed E-state index contributed by atoms with van der Waals surface area (Å²) in [6.07, 6.45) is 0. The van der Waals surface area contributed by atoms with E-state index in [2.05, 4.69) is 9.71 Å². The smallest absolute Gasteiger partial charge is 0.279 e. The van der Waals surface area contributed by atoms with E-state index in [4.69, 9.17) is 21.1 Å². The van der Waals surface area contributed by atoms with Gasteiger partial charge in [0.25, 0.3) is 15.9 Å².